The van der Waals surface area contributed by atoms with E-state index in [1.54, 1.807) is 13.1 Å². The van der Waals surface area contributed by atoms with Crippen LogP contribution >= 0.6 is 0 Å². The van der Waals surface area contributed by atoms with E-state index in [4.69, 9.17) is 5.73 Å². The van der Waals surface area contributed by atoms with E-state index in [2.05, 4.69) is 15.6 Å². The number of nitrogens with two attached hydrogens (primary N) is 1. The smallest absolute Gasteiger partial charge is 0.270 e. The highest BCUT2D eigenvalue weighted by Gasteiger charge is 2.11. The van der Waals surface area contributed by atoms with Gasteiger partial charge in [-0.3, -0.25) is 9.59 Å². The highest BCUT2D eigenvalue weighted by molar-refractivity contribution is 6.00. The van der Waals surface area contributed by atoms with E-state index in [0.717, 1.165) is 11.1 Å². The lowest BCUT2D eigenvalue weighted by molar-refractivity contribution is -0.117. The van der Waals surface area contributed by atoms with E-state index < -0.39 is 11.8 Å². The molecule has 0 saturated carbocycles. The SMILES string of the molecule is CNc1cc(C(=O)NCC(N)=O)nc2ccccc12. The van der Waals surface area contributed by atoms with Gasteiger partial charge in [-0.05, 0) is 12.1 Å². The van der Waals surface area contributed by atoms with Crippen molar-refractivity contribution in [2.45, 2.75) is 0 Å². The molecule has 0 radical (unpaired) electrons. The minimum Gasteiger partial charge on any atom is -0.388 e. The van der Waals surface area contributed by atoms with E-state index in [1.165, 1.54) is 0 Å². The number of nitrogens with one attached hydrogen (secondary N) is 2. The molecule has 6 heteroatoms. The molecular formula is C13H14N4O2. The molecule has 1 aromatic carbocycles. The topological polar surface area (TPSA) is 97.1 Å². The summed E-state index contributed by atoms with van der Waals surface area (Å²) in [4.78, 5) is 26.8. The van der Waals surface area contributed by atoms with Gasteiger partial charge in [-0.1, -0.05) is 18.2 Å². The summed E-state index contributed by atoms with van der Waals surface area (Å²) >= 11 is 0. The van der Waals surface area contributed by atoms with Crippen molar-refractivity contribution >= 4 is 28.4 Å². The van der Waals surface area contributed by atoms with Crippen LogP contribution in [0.3, 0.4) is 0 Å². The zero-order chi connectivity index (χ0) is 13.8. The van der Waals surface area contributed by atoms with Crippen LogP contribution in [0.2, 0.25) is 0 Å². The molecule has 98 valence electrons. The number of benzene rings is 1. The van der Waals surface area contributed by atoms with E-state index in [0.29, 0.717) is 5.52 Å². The van der Waals surface area contributed by atoms with Crippen molar-refractivity contribution in [2.75, 3.05) is 18.9 Å². The lowest BCUT2D eigenvalue weighted by Crippen LogP contribution is -2.33. The Balaban J connectivity index is 2.39. The molecule has 2 amide bonds. The van der Waals surface area contributed by atoms with E-state index in [9.17, 15) is 9.59 Å². The maximum atomic E-state index is 11.9. The standard InChI is InChI=1S/C13H14N4O2/c1-15-10-6-11(13(19)16-7-12(14)18)17-9-5-3-2-4-8(9)10/h2-6H,7H2,1H3,(H2,14,18)(H,15,17)(H,16,19). The summed E-state index contributed by atoms with van der Waals surface area (Å²) in [5.74, 6) is -1.02. The highest BCUT2D eigenvalue weighted by atomic mass is 16.2. The molecule has 0 atom stereocenters. The Hall–Kier alpha value is -2.63. The lowest BCUT2D eigenvalue weighted by Gasteiger charge is -2.09. The number of aromatic nitrogens is 1. The van der Waals surface area contributed by atoms with Gasteiger partial charge in [-0.15, -0.1) is 0 Å². The molecular weight excluding hydrogens is 244 g/mol. The molecule has 1 aromatic heterocycles. The van der Waals surface area contributed by atoms with Crippen molar-refractivity contribution < 1.29 is 9.59 Å². The van der Waals surface area contributed by atoms with Crippen LogP contribution in [0.4, 0.5) is 5.69 Å². The van der Waals surface area contributed by atoms with Crippen molar-refractivity contribution in [3.8, 4) is 0 Å². The first-order valence-electron chi connectivity index (χ1n) is 5.76. The molecule has 19 heavy (non-hydrogen) atoms. The molecule has 4 N–H and O–H groups in total. The first kappa shape index (κ1) is 12.8. The fourth-order valence-corrected chi connectivity index (χ4v) is 1.76. The number of rotatable bonds is 4. The van der Waals surface area contributed by atoms with E-state index in [1.807, 2.05) is 24.3 Å². The van der Waals surface area contributed by atoms with E-state index >= 15 is 0 Å². The quantitative estimate of drug-likeness (QED) is 0.743. The van der Waals surface area contributed by atoms with Crippen molar-refractivity contribution in [2.24, 2.45) is 5.73 Å². The van der Waals surface area contributed by atoms with Gasteiger partial charge in [0.25, 0.3) is 5.91 Å². The number of nitrogens with zero attached hydrogens (tertiary/aromatic N) is 1. The third-order valence-electron chi connectivity index (χ3n) is 2.64. The summed E-state index contributed by atoms with van der Waals surface area (Å²) in [6.07, 6.45) is 0. The van der Waals surface area contributed by atoms with Gasteiger partial charge in [0.05, 0.1) is 12.1 Å². The average Bonchev–Trinajstić information content (AvgIpc) is 2.43. The fraction of sp³-hybridized carbons (Fsp3) is 0.154. The number of amides is 2. The molecule has 0 spiro atoms. The van der Waals surface area contributed by atoms with Crippen LogP contribution < -0.4 is 16.4 Å². The van der Waals surface area contributed by atoms with Crippen LogP contribution in [-0.2, 0) is 4.79 Å². The van der Waals surface area contributed by atoms with Gasteiger partial charge >= 0.3 is 0 Å². The van der Waals surface area contributed by atoms with E-state index in [-0.39, 0.29) is 12.2 Å². The molecule has 0 fully saturated rings. The Morgan fingerprint density at radius 3 is 2.74 bits per heavy atom. The van der Waals surface area contributed by atoms with Crippen LogP contribution in [-0.4, -0.2) is 30.4 Å². The number of carbonyl (C=O) groups excluding carboxylic acids is 2. The zero-order valence-corrected chi connectivity index (χ0v) is 10.4. The van der Waals surface area contributed by atoms with Gasteiger partial charge in [0.1, 0.15) is 5.69 Å². The Kier molecular flexibility index (Phi) is 3.61. The van der Waals surface area contributed by atoms with Gasteiger partial charge in [0.15, 0.2) is 0 Å². The zero-order valence-electron chi connectivity index (χ0n) is 10.4. The summed E-state index contributed by atoms with van der Waals surface area (Å²) in [5, 5.41) is 6.36. The first-order valence-corrected chi connectivity index (χ1v) is 5.76. The summed E-state index contributed by atoms with van der Waals surface area (Å²) in [5.41, 5.74) is 6.73. The normalized spacial score (nSPS) is 10.2. The Morgan fingerprint density at radius 1 is 1.32 bits per heavy atom. The molecule has 0 aliphatic carbocycles. The largest absolute Gasteiger partial charge is 0.388 e. The molecule has 2 rings (SSSR count). The second kappa shape index (κ2) is 5.34. The van der Waals surface area contributed by atoms with Crippen LogP contribution in [0.25, 0.3) is 10.9 Å². The predicted molar refractivity (Wildman–Crippen MR) is 72.8 cm³/mol. The van der Waals surface area contributed by atoms with Crippen LogP contribution in [0.5, 0.6) is 0 Å². The molecule has 0 saturated heterocycles. The second-order valence-electron chi connectivity index (χ2n) is 3.97. The summed E-state index contributed by atoms with van der Waals surface area (Å²) in [6.45, 7) is -0.206. The molecule has 0 unspecified atom stereocenters. The highest BCUT2D eigenvalue weighted by Crippen LogP contribution is 2.22. The summed E-state index contributed by atoms with van der Waals surface area (Å²) < 4.78 is 0. The molecule has 1 heterocycles. The Morgan fingerprint density at radius 2 is 2.05 bits per heavy atom. The number of pyridine rings is 1. The van der Waals surface area contributed by atoms with Gasteiger partial charge < -0.3 is 16.4 Å². The van der Waals surface area contributed by atoms with Crippen molar-refractivity contribution in [1.82, 2.24) is 10.3 Å². The van der Waals surface area contributed by atoms with Gasteiger partial charge in [0.2, 0.25) is 5.91 Å². The Bertz CT molecular complexity index is 640. The maximum Gasteiger partial charge on any atom is 0.270 e. The Labute approximate surface area is 110 Å². The van der Waals surface area contributed by atoms with Crippen molar-refractivity contribution in [1.29, 1.82) is 0 Å². The van der Waals surface area contributed by atoms with Gasteiger partial charge in [-0.25, -0.2) is 4.98 Å². The van der Waals surface area contributed by atoms with Gasteiger partial charge in [0, 0.05) is 18.1 Å². The van der Waals surface area contributed by atoms with Crippen molar-refractivity contribution in [3.63, 3.8) is 0 Å². The molecule has 6 nitrogen and oxygen atoms in total. The second-order valence-corrected chi connectivity index (χ2v) is 3.97. The summed E-state index contributed by atoms with van der Waals surface area (Å²) in [6, 6.07) is 9.12. The average molecular weight is 258 g/mol. The molecule has 0 bridgehead atoms. The number of para-hydroxylation sites is 1. The van der Waals surface area contributed by atoms with Gasteiger partial charge in [-0.2, -0.15) is 0 Å². The summed E-state index contributed by atoms with van der Waals surface area (Å²) in [7, 11) is 1.77. The molecule has 0 aliphatic heterocycles. The third-order valence-corrected chi connectivity index (χ3v) is 2.64. The number of hydrogen-bond acceptors (Lipinski definition) is 4. The number of hydrogen-bond donors (Lipinski definition) is 3. The fourth-order valence-electron chi connectivity index (χ4n) is 1.76. The molecule has 2 aromatic rings. The maximum absolute atomic E-state index is 11.9. The van der Waals surface area contributed by atoms with Crippen molar-refractivity contribution in [3.05, 3.63) is 36.0 Å². The monoisotopic (exact) mass is 258 g/mol. The first-order chi connectivity index (χ1) is 9.11. The number of primary amides is 1. The predicted octanol–water partition coefficient (Wildman–Crippen LogP) is 0.492. The number of fused-ring (bicyclic) bond motifs is 1. The van der Waals surface area contributed by atoms with Crippen LogP contribution in [0, 0.1) is 0 Å². The van der Waals surface area contributed by atoms with Crippen LogP contribution in [0.1, 0.15) is 10.5 Å². The minimum atomic E-state index is -0.594. The number of anilines is 1. The minimum absolute atomic E-state index is 0.206. The third kappa shape index (κ3) is 2.79. The molecule has 0 aliphatic rings. The number of carbonyl (C=O) groups is 2. The lowest BCUT2D eigenvalue weighted by atomic mass is 10.1. The van der Waals surface area contributed by atoms with Crippen LogP contribution in [0.15, 0.2) is 30.3 Å².